The quantitative estimate of drug-likeness (QED) is 0.888. The molecule has 6 heteroatoms. The van der Waals surface area contributed by atoms with Crippen molar-refractivity contribution in [1.82, 2.24) is 15.3 Å². The minimum absolute atomic E-state index is 0.105. The van der Waals surface area contributed by atoms with Crippen LogP contribution in [0, 0.1) is 0 Å². The van der Waals surface area contributed by atoms with Crippen molar-refractivity contribution >= 4 is 28.1 Å². The first kappa shape index (κ1) is 12.5. The third-order valence-corrected chi connectivity index (χ3v) is 2.83. The van der Waals surface area contributed by atoms with Gasteiger partial charge in [0.2, 0.25) is 0 Å². The second kappa shape index (κ2) is 5.59. The number of hydrogen-bond acceptors (Lipinski definition) is 5. The first-order valence-corrected chi connectivity index (χ1v) is 6.46. The summed E-state index contributed by atoms with van der Waals surface area (Å²) in [6.45, 7) is 3.83. The van der Waals surface area contributed by atoms with E-state index in [0.29, 0.717) is 10.8 Å². The van der Waals surface area contributed by atoms with Crippen molar-refractivity contribution < 1.29 is 4.79 Å². The molecule has 18 heavy (non-hydrogen) atoms. The number of amides is 1. The first-order valence-electron chi connectivity index (χ1n) is 5.58. The van der Waals surface area contributed by atoms with Gasteiger partial charge >= 0.3 is 0 Å². The van der Waals surface area contributed by atoms with Crippen LogP contribution in [0.25, 0.3) is 0 Å². The van der Waals surface area contributed by atoms with E-state index in [0.717, 1.165) is 5.69 Å². The third kappa shape index (κ3) is 3.27. The summed E-state index contributed by atoms with van der Waals surface area (Å²) in [5, 5.41) is 8.31. The average Bonchev–Trinajstić information content (AvgIpc) is 2.78. The minimum Gasteiger partial charge on any atom is -0.349 e. The van der Waals surface area contributed by atoms with Crippen molar-refractivity contribution in [1.29, 1.82) is 0 Å². The van der Waals surface area contributed by atoms with Crippen LogP contribution in [0.3, 0.4) is 0 Å². The number of carbonyl (C=O) groups excluding carboxylic acids is 1. The highest BCUT2D eigenvalue weighted by Gasteiger charge is 2.11. The predicted molar refractivity (Wildman–Crippen MR) is 72.2 cm³/mol. The van der Waals surface area contributed by atoms with Crippen LogP contribution < -0.4 is 10.6 Å². The van der Waals surface area contributed by atoms with Gasteiger partial charge in [0.15, 0.2) is 5.13 Å². The number of nitrogens with zero attached hydrogens (tertiary/aromatic N) is 2. The predicted octanol–water partition coefficient (Wildman–Crippen LogP) is 2.42. The molecular weight excluding hydrogens is 248 g/mol. The standard InChI is InChI=1S/C12H14N4OS/c1-8(2)14-11(17)10-7-18-12(16-10)15-9-4-3-5-13-6-9/h3-8H,1-2H3,(H,14,17)(H,15,16). The van der Waals surface area contributed by atoms with Crippen LogP contribution in [0.15, 0.2) is 29.9 Å². The number of carbonyl (C=O) groups is 1. The Bertz CT molecular complexity index is 524. The van der Waals surface area contributed by atoms with E-state index >= 15 is 0 Å². The van der Waals surface area contributed by atoms with Gasteiger partial charge in [0.1, 0.15) is 5.69 Å². The number of thiazole rings is 1. The summed E-state index contributed by atoms with van der Waals surface area (Å²) in [7, 11) is 0. The van der Waals surface area contributed by atoms with Crippen LogP contribution in [0.1, 0.15) is 24.3 Å². The van der Waals surface area contributed by atoms with E-state index in [1.165, 1.54) is 11.3 Å². The fourth-order valence-corrected chi connectivity index (χ4v) is 2.04. The van der Waals surface area contributed by atoms with E-state index < -0.39 is 0 Å². The molecule has 0 bridgehead atoms. The summed E-state index contributed by atoms with van der Waals surface area (Å²) in [6, 6.07) is 3.83. The molecule has 1 amide bonds. The number of aromatic nitrogens is 2. The second-order valence-electron chi connectivity index (χ2n) is 4.03. The molecule has 5 nitrogen and oxygen atoms in total. The lowest BCUT2D eigenvalue weighted by molar-refractivity contribution is 0.0939. The maximum absolute atomic E-state index is 11.7. The van der Waals surface area contributed by atoms with Gasteiger partial charge in [0, 0.05) is 17.6 Å². The molecule has 0 atom stereocenters. The van der Waals surface area contributed by atoms with E-state index in [9.17, 15) is 4.79 Å². The van der Waals surface area contributed by atoms with Crippen molar-refractivity contribution in [2.75, 3.05) is 5.32 Å². The van der Waals surface area contributed by atoms with E-state index in [4.69, 9.17) is 0 Å². The summed E-state index contributed by atoms with van der Waals surface area (Å²) in [5.74, 6) is -0.152. The fraction of sp³-hybridized carbons (Fsp3) is 0.250. The van der Waals surface area contributed by atoms with Crippen LogP contribution in [-0.4, -0.2) is 21.9 Å². The number of rotatable bonds is 4. The van der Waals surface area contributed by atoms with E-state index in [2.05, 4.69) is 20.6 Å². The van der Waals surface area contributed by atoms with E-state index in [-0.39, 0.29) is 11.9 Å². The lowest BCUT2D eigenvalue weighted by atomic mass is 10.3. The number of nitrogens with one attached hydrogen (secondary N) is 2. The Morgan fingerprint density at radius 1 is 1.44 bits per heavy atom. The first-order chi connectivity index (χ1) is 8.65. The topological polar surface area (TPSA) is 66.9 Å². The molecule has 0 aliphatic carbocycles. The van der Waals surface area contributed by atoms with Crippen LogP contribution in [0.4, 0.5) is 10.8 Å². The van der Waals surface area contributed by atoms with Gasteiger partial charge in [-0.15, -0.1) is 11.3 Å². The Hall–Kier alpha value is -1.95. The second-order valence-corrected chi connectivity index (χ2v) is 4.89. The molecule has 0 aliphatic heterocycles. The average molecular weight is 262 g/mol. The van der Waals surface area contributed by atoms with Gasteiger partial charge in [0.05, 0.1) is 11.9 Å². The molecule has 0 unspecified atom stereocenters. The molecular formula is C12H14N4OS. The van der Waals surface area contributed by atoms with Gasteiger partial charge < -0.3 is 10.6 Å². The van der Waals surface area contributed by atoms with Gasteiger partial charge in [-0.1, -0.05) is 0 Å². The highest BCUT2D eigenvalue weighted by molar-refractivity contribution is 7.14. The third-order valence-electron chi connectivity index (χ3n) is 2.07. The number of pyridine rings is 1. The normalized spacial score (nSPS) is 10.4. The molecule has 2 N–H and O–H groups in total. The van der Waals surface area contributed by atoms with Crippen molar-refractivity contribution in [3.05, 3.63) is 35.6 Å². The summed E-state index contributed by atoms with van der Waals surface area (Å²) < 4.78 is 0. The molecule has 0 saturated carbocycles. The zero-order chi connectivity index (χ0) is 13.0. The van der Waals surface area contributed by atoms with Crippen molar-refractivity contribution in [3.63, 3.8) is 0 Å². The van der Waals surface area contributed by atoms with Crippen LogP contribution >= 0.6 is 11.3 Å². The smallest absolute Gasteiger partial charge is 0.271 e. The van der Waals surface area contributed by atoms with Gasteiger partial charge in [-0.3, -0.25) is 9.78 Å². The largest absolute Gasteiger partial charge is 0.349 e. The summed E-state index contributed by atoms with van der Waals surface area (Å²) in [4.78, 5) is 19.9. The monoisotopic (exact) mass is 262 g/mol. The van der Waals surface area contributed by atoms with E-state index in [1.807, 2.05) is 26.0 Å². The van der Waals surface area contributed by atoms with Gasteiger partial charge in [-0.25, -0.2) is 4.98 Å². The summed E-state index contributed by atoms with van der Waals surface area (Å²) in [5.41, 5.74) is 1.28. The molecule has 0 fully saturated rings. The highest BCUT2D eigenvalue weighted by atomic mass is 32.1. The van der Waals surface area contributed by atoms with Crippen LogP contribution in [0.5, 0.6) is 0 Å². The highest BCUT2D eigenvalue weighted by Crippen LogP contribution is 2.20. The summed E-state index contributed by atoms with van der Waals surface area (Å²) in [6.07, 6.45) is 3.41. The van der Waals surface area contributed by atoms with Crippen molar-refractivity contribution in [2.45, 2.75) is 19.9 Å². The molecule has 2 aromatic rings. The Labute approximate surface area is 109 Å². The van der Waals surface area contributed by atoms with Gasteiger partial charge in [-0.05, 0) is 26.0 Å². The number of anilines is 2. The van der Waals surface area contributed by atoms with Crippen molar-refractivity contribution in [2.24, 2.45) is 0 Å². The molecule has 0 radical (unpaired) electrons. The minimum atomic E-state index is -0.152. The Balaban J connectivity index is 2.04. The molecule has 0 spiro atoms. The van der Waals surface area contributed by atoms with Gasteiger partial charge in [-0.2, -0.15) is 0 Å². The Morgan fingerprint density at radius 2 is 2.28 bits per heavy atom. The van der Waals surface area contributed by atoms with Crippen LogP contribution in [0.2, 0.25) is 0 Å². The maximum Gasteiger partial charge on any atom is 0.271 e. The molecule has 2 rings (SSSR count). The zero-order valence-corrected chi connectivity index (χ0v) is 11.0. The fourth-order valence-electron chi connectivity index (χ4n) is 1.33. The number of hydrogen-bond donors (Lipinski definition) is 2. The van der Waals surface area contributed by atoms with Gasteiger partial charge in [0.25, 0.3) is 5.91 Å². The molecule has 0 aromatic carbocycles. The van der Waals surface area contributed by atoms with Crippen molar-refractivity contribution in [3.8, 4) is 0 Å². The van der Waals surface area contributed by atoms with E-state index in [1.54, 1.807) is 17.8 Å². The Kier molecular flexibility index (Phi) is 3.88. The lowest BCUT2D eigenvalue weighted by Gasteiger charge is -2.05. The molecule has 2 heterocycles. The SMILES string of the molecule is CC(C)NC(=O)c1csc(Nc2cccnc2)n1. The Morgan fingerprint density at radius 3 is 2.94 bits per heavy atom. The molecule has 0 saturated heterocycles. The maximum atomic E-state index is 11.7. The molecule has 94 valence electrons. The zero-order valence-electron chi connectivity index (χ0n) is 10.2. The van der Waals surface area contributed by atoms with Crippen LogP contribution in [-0.2, 0) is 0 Å². The molecule has 0 aliphatic rings. The molecule has 2 aromatic heterocycles. The lowest BCUT2D eigenvalue weighted by Crippen LogP contribution is -2.30. The summed E-state index contributed by atoms with van der Waals surface area (Å²) >= 11 is 1.39.